The van der Waals surface area contributed by atoms with Crippen LogP contribution in [0.25, 0.3) is 22.0 Å². The van der Waals surface area contributed by atoms with Crippen LogP contribution >= 0.6 is 0 Å². The summed E-state index contributed by atoms with van der Waals surface area (Å²) in [6.45, 7) is 8.20. The molecule has 0 aliphatic carbocycles. The van der Waals surface area contributed by atoms with Crippen molar-refractivity contribution in [2.24, 2.45) is 0 Å². The van der Waals surface area contributed by atoms with Crippen LogP contribution in [0.1, 0.15) is 32.4 Å². The topological polar surface area (TPSA) is 112 Å². The van der Waals surface area contributed by atoms with Crippen molar-refractivity contribution in [2.75, 3.05) is 44.7 Å². The summed E-state index contributed by atoms with van der Waals surface area (Å²) in [5, 5.41) is 13.9. The van der Waals surface area contributed by atoms with E-state index in [-0.39, 0.29) is 11.8 Å². The number of hydrogen-bond donors (Lipinski definition) is 3. The second kappa shape index (κ2) is 10.3. The highest BCUT2D eigenvalue weighted by Gasteiger charge is 2.16. The molecule has 2 aromatic heterocycles. The summed E-state index contributed by atoms with van der Waals surface area (Å²) < 4.78 is 10.8. The monoisotopic (exact) mass is 487 g/mol. The summed E-state index contributed by atoms with van der Waals surface area (Å²) in [6, 6.07) is 15.2. The first-order chi connectivity index (χ1) is 17.5. The number of anilines is 1. The van der Waals surface area contributed by atoms with Gasteiger partial charge in [0.05, 0.1) is 24.3 Å². The number of rotatable bonds is 7. The van der Waals surface area contributed by atoms with E-state index in [2.05, 4.69) is 25.7 Å². The van der Waals surface area contributed by atoms with Gasteiger partial charge in [-0.2, -0.15) is 5.10 Å². The van der Waals surface area contributed by atoms with Crippen LogP contribution in [0.4, 0.5) is 5.69 Å². The van der Waals surface area contributed by atoms with Crippen LogP contribution in [0.3, 0.4) is 0 Å². The number of carbonyl (C=O) groups is 2. The van der Waals surface area contributed by atoms with E-state index in [1.165, 1.54) is 0 Å². The molecule has 0 unspecified atom stereocenters. The van der Waals surface area contributed by atoms with E-state index in [0.717, 1.165) is 54.9 Å². The molecule has 1 aliphatic rings. The van der Waals surface area contributed by atoms with Gasteiger partial charge in [-0.05, 0) is 55.3 Å². The maximum Gasteiger partial charge on any atom is 0.272 e. The number of nitrogens with zero attached hydrogens (tertiary/aromatic N) is 2. The number of nitrogens with one attached hydrogen (secondary N) is 3. The van der Waals surface area contributed by atoms with Crippen molar-refractivity contribution in [2.45, 2.75) is 13.8 Å². The molecule has 1 aliphatic heterocycles. The van der Waals surface area contributed by atoms with Gasteiger partial charge < -0.3 is 19.8 Å². The zero-order chi connectivity index (χ0) is 25.1. The molecule has 0 radical (unpaired) electrons. The van der Waals surface area contributed by atoms with Gasteiger partial charge in [-0.3, -0.25) is 19.6 Å². The zero-order valence-corrected chi connectivity index (χ0v) is 20.4. The normalized spacial score (nSPS) is 14.2. The summed E-state index contributed by atoms with van der Waals surface area (Å²) in [5.41, 5.74) is 4.36. The molecule has 9 heteroatoms. The minimum atomic E-state index is -0.202. The van der Waals surface area contributed by atoms with Gasteiger partial charge in [-0.15, -0.1) is 0 Å². The van der Waals surface area contributed by atoms with Crippen molar-refractivity contribution in [3.8, 4) is 11.1 Å². The van der Waals surface area contributed by atoms with Gasteiger partial charge in [-0.25, -0.2) is 0 Å². The number of benzene rings is 2. The highest BCUT2D eigenvalue weighted by molar-refractivity contribution is 6.06. The summed E-state index contributed by atoms with van der Waals surface area (Å²) >= 11 is 0. The Kier molecular flexibility index (Phi) is 6.84. The Morgan fingerprint density at radius 3 is 2.47 bits per heavy atom. The molecule has 0 spiro atoms. The number of aromatic nitrogens is 2. The number of fused-ring (bicyclic) bond motifs is 1. The lowest BCUT2D eigenvalue weighted by molar-refractivity contribution is 0.0383. The molecule has 2 aromatic carbocycles. The van der Waals surface area contributed by atoms with Crippen molar-refractivity contribution >= 4 is 28.4 Å². The van der Waals surface area contributed by atoms with Gasteiger partial charge in [0.1, 0.15) is 11.5 Å². The number of aryl methyl sites for hydroxylation is 2. The molecule has 0 atom stereocenters. The van der Waals surface area contributed by atoms with Crippen LogP contribution < -0.4 is 10.6 Å². The van der Waals surface area contributed by atoms with E-state index in [1.807, 2.05) is 49.4 Å². The van der Waals surface area contributed by atoms with Crippen LogP contribution in [-0.2, 0) is 4.74 Å². The fraction of sp³-hybridized carbons (Fsp3) is 0.296. The SMILES string of the molecule is Cc1cc(C(=O)Nc2ccc(-c3ccc4c(C(=O)NCCN5CCOCC5)n[nH]c4c3)cc2)c(C)o1. The maximum atomic E-state index is 12.7. The summed E-state index contributed by atoms with van der Waals surface area (Å²) in [4.78, 5) is 27.5. The lowest BCUT2D eigenvalue weighted by Crippen LogP contribution is -2.41. The lowest BCUT2D eigenvalue weighted by Gasteiger charge is -2.26. The molecule has 186 valence electrons. The van der Waals surface area contributed by atoms with Gasteiger partial charge in [-0.1, -0.05) is 18.2 Å². The molecule has 3 N–H and O–H groups in total. The molecular weight excluding hydrogens is 458 g/mol. The van der Waals surface area contributed by atoms with E-state index in [4.69, 9.17) is 9.15 Å². The quantitative estimate of drug-likeness (QED) is 0.366. The van der Waals surface area contributed by atoms with Gasteiger partial charge in [0.2, 0.25) is 0 Å². The second-order valence-corrected chi connectivity index (χ2v) is 8.90. The summed E-state index contributed by atoms with van der Waals surface area (Å²) in [7, 11) is 0. The molecular formula is C27H29N5O4. The largest absolute Gasteiger partial charge is 0.466 e. The second-order valence-electron chi connectivity index (χ2n) is 8.90. The first kappa shape index (κ1) is 23.8. The Morgan fingerprint density at radius 2 is 1.75 bits per heavy atom. The minimum absolute atomic E-state index is 0.189. The predicted octanol–water partition coefficient (Wildman–Crippen LogP) is 3.75. The number of ether oxygens (including phenoxy) is 1. The number of H-pyrrole nitrogens is 1. The molecule has 9 nitrogen and oxygen atoms in total. The van der Waals surface area contributed by atoms with Crippen LogP contribution in [-0.4, -0.2) is 66.3 Å². The molecule has 0 saturated carbocycles. The van der Waals surface area contributed by atoms with Crippen molar-refractivity contribution < 1.29 is 18.7 Å². The van der Waals surface area contributed by atoms with Crippen molar-refractivity contribution in [3.63, 3.8) is 0 Å². The van der Waals surface area contributed by atoms with Gasteiger partial charge >= 0.3 is 0 Å². The predicted molar refractivity (Wildman–Crippen MR) is 137 cm³/mol. The summed E-state index contributed by atoms with van der Waals surface area (Å²) in [6.07, 6.45) is 0. The van der Waals surface area contributed by atoms with Gasteiger partial charge in [0.25, 0.3) is 11.8 Å². The fourth-order valence-electron chi connectivity index (χ4n) is 4.41. The summed E-state index contributed by atoms with van der Waals surface area (Å²) in [5.74, 6) is 0.910. The zero-order valence-electron chi connectivity index (χ0n) is 20.4. The van der Waals surface area contributed by atoms with Crippen LogP contribution in [0.2, 0.25) is 0 Å². The number of furan rings is 1. The fourth-order valence-corrected chi connectivity index (χ4v) is 4.41. The standard InChI is InChI=1S/C27H29N5O4/c1-17-15-23(18(2)36-17)26(33)29-21-6-3-19(4-7-21)20-5-8-22-24(16-20)30-31-25(22)27(34)28-9-10-32-11-13-35-14-12-32/h3-8,15-16H,9-14H2,1-2H3,(H,28,34)(H,29,33)(H,30,31). The number of aromatic amines is 1. The first-order valence-corrected chi connectivity index (χ1v) is 12.0. The average molecular weight is 488 g/mol. The van der Waals surface area contributed by atoms with Crippen molar-refractivity contribution in [1.82, 2.24) is 20.4 Å². The van der Waals surface area contributed by atoms with Crippen LogP contribution in [0, 0.1) is 13.8 Å². The number of morpholine rings is 1. The lowest BCUT2D eigenvalue weighted by atomic mass is 10.0. The minimum Gasteiger partial charge on any atom is -0.466 e. The highest BCUT2D eigenvalue weighted by atomic mass is 16.5. The van der Waals surface area contributed by atoms with Gasteiger partial charge in [0.15, 0.2) is 5.69 Å². The Balaban J connectivity index is 1.23. The smallest absolute Gasteiger partial charge is 0.272 e. The molecule has 36 heavy (non-hydrogen) atoms. The highest BCUT2D eigenvalue weighted by Crippen LogP contribution is 2.26. The van der Waals surface area contributed by atoms with Gasteiger partial charge in [0, 0.05) is 37.3 Å². The molecule has 1 saturated heterocycles. The van der Waals surface area contributed by atoms with E-state index in [1.54, 1.807) is 13.0 Å². The van der Waals surface area contributed by atoms with Crippen molar-refractivity contribution in [3.05, 3.63) is 71.3 Å². The molecule has 5 rings (SSSR count). The molecule has 3 heterocycles. The van der Waals surface area contributed by atoms with Crippen LogP contribution in [0.5, 0.6) is 0 Å². The maximum absolute atomic E-state index is 12.7. The third kappa shape index (κ3) is 5.17. The Morgan fingerprint density at radius 1 is 1.00 bits per heavy atom. The van der Waals surface area contributed by atoms with E-state index >= 15 is 0 Å². The Bertz CT molecular complexity index is 1380. The van der Waals surface area contributed by atoms with E-state index in [9.17, 15) is 9.59 Å². The third-order valence-corrected chi connectivity index (χ3v) is 6.36. The molecule has 4 aromatic rings. The van der Waals surface area contributed by atoms with Crippen LogP contribution in [0.15, 0.2) is 52.9 Å². The first-order valence-electron chi connectivity index (χ1n) is 12.0. The van der Waals surface area contributed by atoms with E-state index < -0.39 is 0 Å². The number of carbonyl (C=O) groups excluding carboxylic acids is 2. The molecule has 0 bridgehead atoms. The number of amides is 2. The molecule has 2 amide bonds. The van der Waals surface area contributed by atoms with E-state index in [0.29, 0.717) is 35.0 Å². The van der Waals surface area contributed by atoms with Crippen molar-refractivity contribution in [1.29, 1.82) is 0 Å². The molecule has 1 fully saturated rings. The Hall–Kier alpha value is -3.95. The third-order valence-electron chi connectivity index (χ3n) is 6.36. The number of hydrogen-bond acceptors (Lipinski definition) is 6. The average Bonchev–Trinajstić information content (AvgIpc) is 3.47. The Labute approximate surface area is 208 Å².